The lowest BCUT2D eigenvalue weighted by atomic mass is 10.1. The van der Waals surface area contributed by atoms with Gasteiger partial charge in [0.15, 0.2) is 0 Å². The molecule has 1 aromatic rings. The zero-order valence-electron chi connectivity index (χ0n) is 9.85. The SMILES string of the molecule is NC1CCN(c2ccc(C(F)(F)F)cc2[N+](=O)[O-])C1. The highest BCUT2D eigenvalue weighted by Gasteiger charge is 2.34. The summed E-state index contributed by atoms with van der Waals surface area (Å²) in [7, 11) is 0. The molecular formula is C11H12F3N3O2. The minimum Gasteiger partial charge on any atom is -0.364 e. The molecule has 104 valence electrons. The first-order valence-electron chi connectivity index (χ1n) is 5.65. The Hall–Kier alpha value is -1.83. The summed E-state index contributed by atoms with van der Waals surface area (Å²) >= 11 is 0. The van der Waals surface area contributed by atoms with E-state index in [1.807, 2.05) is 0 Å². The Kier molecular flexibility index (Phi) is 3.36. The zero-order valence-corrected chi connectivity index (χ0v) is 9.85. The van der Waals surface area contributed by atoms with Gasteiger partial charge in [-0.25, -0.2) is 0 Å². The summed E-state index contributed by atoms with van der Waals surface area (Å²) in [5.41, 5.74) is 4.32. The zero-order chi connectivity index (χ0) is 14.2. The molecule has 0 bridgehead atoms. The van der Waals surface area contributed by atoms with Crippen molar-refractivity contribution in [2.75, 3.05) is 18.0 Å². The van der Waals surface area contributed by atoms with Gasteiger partial charge in [0.05, 0.1) is 10.5 Å². The van der Waals surface area contributed by atoms with Crippen molar-refractivity contribution in [1.82, 2.24) is 0 Å². The van der Waals surface area contributed by atoms with E-state index in [0.717, 1.165) is 12.1 Å². The molecule has 1 heterocycles. The van der Waals surface area contributed by atoms with Crippen LogP contribution in [0.1, 0.15) is 12.0 Å². The van der Waals surface area contributed by atoms with Crippen LogP contribution in [-0.2, 0) is 6.18 Å². The Labute approximate surface area is 106 Å². The monoisotopic (exact) mass is 275 g/mol. The van der Waals surface area contributed by atoms with Crippen LogP contribution in [0.4, 0.5) is 24.5 Å². The predicted molar refractivity (Wildman–Crippen MR) is 62.9 cm³/mol. The highest BCUT2D eigenvalue weighted by atomic mass is 19.4. The van der Waals surface area contributed by atoms with E-state index in [9.17, 15) is 23.3 Å². The highest BCUT2D eigenvalue weighted by molar-refractivity contribution is 5.65. The lowest BCUT2D eigenvalue weighted by Gasteiger charge is -2.18. The number of nitrogens with two attached hydrogens (primary N) is 1. The number of halogens is 3. The first-order valence-corrected chi connectivity index (χ1v) is 5.65. The van der Waals surface area contributed by atoms with E-state index in [4.69, 9.17) is 5.73 Å². The Morgan fingerprint density at radius 1 is 1.42 bits per heavy atom. The highest BCUT2D eigenvalue weighted by Crippen LogP contribution is 2.37. The van der Waals surface area contributed by atoms with Gasteiger partial charge in [-0.05, 0) is 18.6 Å². The van der Waals surface area contributed by atoms with Crippen LogP contribution in [0.2, 0.25) is 0 Å². The van der Waals surface area contributed by atoms with Crippen LogP contribution >= 0.6 is 0 Å². The van der Waals surface area contributed by atoms with Crippen LogP contribution in [0.15, 0.2) is 18.2 Å². The lowest BCUT2D eigenvalue weighted by Crippen LogP contribution is -2.26. The van der Waals surface area contributed by atoms with Gasteiger partial charge in [0, 0.05) is 25.2 Å². The van der Waals surface area contributed by atoms with Crippen molar-refractivity contribution in [2.45, 2.75) is 18.6 Å². The molecule has 1 aliphatic heterocycles. The largest absolute Gasteiger partial charge is 0.416 e. The van der Waals surface area contributed by atoms with Crippen molar-refractivity contribution in [3.8, 4) is 0 Å². The van der Waals surface area contributed by atoms with Crippen molar-refractivity contribution in [2.24, 2.45) is 5.73 Å². The van der Waals surface area contributed by atoms with Gasteiger partial charge < -0.3 is 10.6 Å². The molecule has 1 aliphatic rings. The van der Waals surface area contributed by atoms with Gasteiger partial charge in [0.2, 0.25) is 0 Å². The van der Waals surface area contributed by atoms with Gasteiger partial charge in [-0.3, -0.25) is 10.1 Å². The van der Waals surface area contributed by atoms with E-state index in [2.05, 4.69) is 0 Å². The van der Waals surface area contributed by atoms with Crippen LogP contribution in [-0.4, -0.2) is 24.1 Å². The fraction of sp³-hybridized carbons (Fsp3) is 0.455. The van der Waals surface area contributed by atoms with Crippen molar-refractivity contribution in [1.29, 1.82) is 0 Å². The van der Waals surface area contributed by atoms with Crippen LogP contribution in [0.25, 0.3) is 0 Å². The Morgan fingerprint density at radius 3 is 2.58 bits per heavy atom. The minimum absolute atomic E-state index is 0.109. The second-order valence-electron chi connectivity index (χ2n) is 4.45. The number of rotatable bonds is 2. The molecule has 0 aliphatic carbocycles. The molecule has 2 rings (SSSR count). The van der Waals surface area contributed by atoms with E-state index in [-0.39, 0.29) is 11.7 Å². The number of anilines is 1. The number of nitro benzene ring substituents is 1. The van der Waals surface area contributed by atoms with Gasteiger partial charge in [-0.15, -0.1) is 0 Å². The number of hydrogen-bond donors (Lipinski definition) is 1. The molecule has 0 aromatic heterocycles. The van der Waals surface area contributed by atoms with E-state index in [1.54, 1.807) is 4.90 Å². The van der Waals surface area contributed by atoms with Crippen LogP contribution < -0.4 is 10.6 Å². The molecule has 19 heavy (non-hydrogen) atoms. The van der Waals surface area contributed by atoms with Gasteiger partial charge >= 0.3 is 6.18 Å². The molecule has 8 heteroatoms. The number of hydrogen-bond acceptors (Lipinski definition) is 4. The standard InChI is InChI=1S/C11H12F3N3O2/c12-11(13,14)7-1-2-9(10(5-7)17(18)19)16-4-3-8(15)6-16/h1-2,5,8H,3-4,6,15H2. The van der Waals surface area contributed by atoms with Gasteiger partial charge in [-0.2, -0.15) is 13.2 Å². The van der Waals surface area contributed by atoms with Crippen molar-refractivity contribution < 1.29 is 18.1 Å². The molecule has 1 fully saturated rings. The smallest absolute Gasteiger partial charge is 0.364 e. The second kappa shape index (κ2) is 4.69. The summed E-state index contributed by atoms with van der Waals surface area (Å²) in [5, 5.41) is 10.9. The minimum atomic E-state index is -4.59. The second-order valence-corrected chi connectivity index (χ2v) is 4.45. The number of alkyl halides is 3. The molecule has 5 nitrogen and oxygen atoms in total. The average molecular weight is 275 g/mol. The molecule has 1 saturated heterocycles. The summed E-state index contributed by atoms with van der Waals surface area (Å²) < 4.78 is 37.6. The van der Waals surface area contributed by atoms with Gasteiger partial charge in [-0.1, -0.05) is 0 Å². The molecule has 0 saturated carbocycles. The topological polar surface area (TPSA) is 72.4 Å². The molecule has 0 spiro atoms. The third-order valence-electron chi connectivity index (χ3n) is 3.06. The summed E-state index contributed by atoms with van der Waals surface area (Å²) in [4.78, 5) is 11.8. The summed E-state index contributed by atoms with van der Waals surface area (Å²) in [6, 6.07) is 2.45. The van der Waals surface area contributed by atoms with E-state index in [0.29, 0.717) is 25.6 Å². The Morgan fingerprint density at radius 2 is 2.11 bits per heavy atom. The van der Waals surface area contributed by atoms with Crippen LogP contribution in [0.3, 0.4) is 0 Å². The lowest BCUT2D eigenvalue weighted by molar-refractivity contribution is -0.384. The normalized spacial score (nSPS) is 19.8. The third-order valence-corrected chi connectivity index (χ3v) is 3.06. The first kappa shape index (κ1) is 13.6. The maximum Gasteiger partial charge on any atom is 0.416 e. The van der Waals surface area contributed by atoms with E-state index < -0.39 is 22.4 Å². The maximum absolute atomic E-state index is 12.5. The van der Waals surface area contributed by atoms with Crippen LogP contribution in [0, 0.1) is 10.1 Å². The van der Waals surface area contributed by atoms with E-state index >= 15 is 0 Å². The summed E-state index contributed by atoms with van der Waals surface area (Å²) in [6.07, 6.45) is -3.93. The van der Waals surface area contributed by atoms with Crippen molar-refractivity contribution in [3.05, 3.63) is 33.9 Å². The summed E-state index contributed by atoms with van der Waals surface area (Å²) in [5.74, 6) is 0. The quantitative estimate of drug-likeness (QED) is 0.663. The van der Waals surface area contributed by atoms with Crippen LogP contribution in [0.5, 0.6) is 0 Å². The number of nitrogens with zero attached hydrogens (tertiary/aromatic N) is 2. The fourth-order valence-electron chi connectivity index (χ4n) is 2.12. The Bertz CT molecular complexity index is 504. The van der Waals surface area contributed by atoms with Gasteiger partial charge in [0.25, 0.3) is 5.69 Å². The fourth-order valence-corrected chi connectivity index (χ4v) is 2.12. The molecule has 0 amide bonds. The first-order chi connectivity index (χ1) is 8.79. The summed E-state index contributed by atoms with van der Waals surface area (Å²) in [6.45, 7) is 0.916. The molecule has 1 atom stereocenters. The average Bonchev–Trinajstić information content (AvgIpc) is 2.73. The molecule has 0 radical (unpaired) electrons. The van der Waals surface area contributed by atoms with E-state index in [1.165, 1.54) is 0 Å². The number of benzene rings is 1. The third kappa shape index (κ3) is 2.78. The number of nitro groups is 1. The Balaban J connectivity index is 2.42. The maximum atomic E-state index is 12.5. The molecule has 1 unspecified atom stereocenters. The predicted octanol–water partition coefficient (Wildman–Crippen LogP) is 2.15. The molecule has 1 aromatic carbocycles. The van der Waals surface area contributed by atoms with Crippen molar-refractivity contribution in [3.63, 3.8) is 0 Å². The molecular weight excluding hydrogens is 263 g/mol. The van der Waals surface area contributed by atoms with Crippen molar-refractivity contribution >= 4 is 11.4 Å². The molecule has 2 N–H and O–H groups in total. The van der Waals surface area contributed by atoms with Gasteiger partial charge in [0.1, 0.15) is 5.69 Å².